The molecule has 0 saturated heterocycles. The van der Waals surface area contributed by atoms with Gasteiger partial charge in [0.05, 0.1) is 12.7 Å². The number of rotatable bonds is 4. The molecule has 0 aliphatic heterocycles. The molecule has 1 aromatic rings. The summed E-state index contributed by atoms with van der Waals surface area (Å²) >= 11 is 0. The quantitative estimate of drug-likeness (QED) is 0.532. The summed E-state index contributed by atoms with van der Waals surface area (Å²) < 4.78 is 14.8. The minimum Gasteiger partial charge on any atom is -0.465 e. The summed E-state index contributed by atoms with van der Waals surface area (Å²) in [7, 11) is 3.96. The van der Waals surface area contributed by atoms with Gasteiger partial charge < -0.3 is 14.0 Å². The number of carbonyl (C=O) groups excluding carboxylic acids is 1. The van der Waals surface area contributed by atoms with E-state index in [-0.39, 0.29) is 5.97 Å². The van der Waals surface area contributed by atoms with E-state index < -0.39 is 7.12 Å². The summed E-state index contributed by atoms with van der Waals surface area (Å²) in [4.78, 5) is 11.3. The number of ether oxygens (including phenoxy) is 1. The van der Waals surface area contributed by atoms with E-state index in [1.54, 1.807) is 32.4 Å². The molecule has 0 aromatic heterocycles. The first-order chi connectivity index (χ1) is 7.22. The lowest BCUT2D eigenvalue weighted by molar-refractivity contribution is 0.0601. The van der Waals surface area contributed by atoms with E-state index in [0.717, 1.165) is 5.46 Å². The van der Waals surface area contributed by atoms with Gasteiger partial charge in [-0.3, -0.25) is 0 Å². The highest BCUT2D eigenvalue weighted by Crippen LogP contribution is 2.00. The standard InChI is InChI=1S/C10H13BO4/c1-13-10(12)8-5-4-6-9(7-8)11(14-2)15-3/h4-7H,1-3H3. The second-order valence-electron chi connectivity index (χ2n) is 2.92. The maximum Gasteiger partial charge on any atom is 0.493 e. The molecular formula is C10H13BO4. The molecule has 0 aliphatic rings. The fourth-order valence-electron chi connectivity index (χ4n) is 1.30. The lowest BCUT2D eigenvalue weighted by atomic mass is 9.78. The molecule has 0 fully saturated rings. The Bertz CT molecular complexity index is 336. The Morgan fingerprint density at radius 1 is 1.20 bits per heavy atom. The zero-order valence-electron chi connectivity index (χ0n) is 9.02. The summed E-state index contributed by atoms with van der Waals surface area (Å²) in [5.41, 5.74) is 1.26. The summed E-state index contributed by atoms with van der Waals surface area (Å²) in [6, 6.07) is 6.94. The van der Waals surface area contributed by atoms with Gasteiger partial charge >= 0.3 is 13.1 Å². The fourth-order valence-corrected chi connectivity index (χ4v) is 1.30. The van der Waals surface area contributed by atoms with Crippen LogP contribution in [0.5, 0.6) is 0 Å². The van der Waals surface area contributed by atoms with Crippen molar-refractivity contribution in [1.82, 2.24) is 0 Å². The number of carbonyl (C=O) groups is 1. The molecule has 0 bridgehead atoms. The number of hydrogen-bond donors (Lipinski definition) is 0. The number of benzene rings is 1. The highest BCUT2D eigenvalue weighted by molar-refractivity contribution is 6.61. The minimum absolute atomic E-state index is 0.372. The van der Waals surface area contributed by atoms with Crippen LogP contribution in [0.15, 0.2) is 24.3 Å². The van der Waals surface area contributed by atoms with E-state index in [1.165, 1.54) is 7.11 Å². The molecule has 0 spiro atoms. The third-order valence-electron chi connectivity index (χ3n) is 2.01. The Morgan fingerprint density at radius 2 is 1.87 bits per heavy atom. The molecule has 1 aromatic carbocycles. The van der Waals surface area contributed by atoms with Crippen molar-refractivity contribution < 1.29 is 18.8 Å². The van der Waals surface area contributed by atoms with Crippen molar-refractivity contribution in [2.24, 2.45) is 0 Å². The highest BCUT2D eigenvalue weighted by Gasteiger charge is 2.19. The van der Waals surface area contributed by atoms with Crippen molar-refractivity contribution in [3.8, 4) is 0 Å². The molecule has 0 aliphatic carbocycles. The van der Waals surface area contributed by atoms with Gasteiger partial charge in [0.2, 0.25) is 0 Å². The van der Waals surface area contributed by atoms with Crippen molar-refractivity contribution in [1.29, 1.82) is 0 Å². The first-order valence-electron chi connectivity index (χ1n) is 4.46. The predicted octanol–water partition coefficient (Wildman–Crippen LogP) is 0.461. The summed E-state index contributed by atoms with van der Waals surface area (Å²) in [5.74, 6) is -0.372. The lowest BCUT2D eigenvalue weighted by Crippen LogP contribution is -2.35. The van der Waals surface area contributed by atoms with Crippen LogP contribution >= 0.6 is 0 Å². The zero-order chi connectivity index (χ0) is 11.3. The fraction of sp³-hybridized carbons (Fsp3) is 0.300. The molecule has 5 heteroatoms. The Kier molecular flexibility index (Phi) is 4.33. The molecule has 0 unspecified atom stereocenters. The Labute approximate surface area is 89.3 Å². The smallest absolute Gasteiger partial charge is 0.465 e. The van der Waals surface area contributed by atoms with Crippen molar-refractivity contribution in [2.75, 3.05) is 21.3 Å². The Balaban J connectivity index is 2.96. The van der Waals surface area contributed by atoms with E-state index in [2.05, 4.69) is 4.74 Å². The second-order valence-corrected chi connectivity index (χ2v) is 2.92. The van der Waals surface area contributed by atoms with Gasteiger partial charge in [-0.1, -0.05) is 12.1 Å². The van der Waals surface area contributed by atoms with Crippen molar-refractivity contribution in [3.05, 3.63) is 29.8 Å². The van der Waals surface area contributed by atoms with Crippen molar-refractivity contribution in [2.45, 2.75) is 0 Å². The van der Waals surface area contributed by atoms with Crippen LogP contribution in [-0.2, 0) is 14.0 Å². The molecule has 0 heterocycles. The number of methoxy groups -OCH3 is 1. The first-order valence-corrected chi connectivity index (χ1v) is 4.46. The maximum absolute atomic E-state index is 11.3. The average Bonchev–Trinajstić information content (AvgIpc) is 2.30. The summed E-state index contributed by atoms with van der Waals surface area (Å²) in [5, 5.41) is 0. The van der Waals surface area contributed by atoms with Crippen LogP contribution in [0.2, 0.25) is 0 Å². The van der Waals surface area contributed by atoms with Gasteiger partial charge in [0.1, 0.15) is 0 Å². The third-order valence-corrected chi connectivity index (χ3v) is 2.01. The van der Waals surface area contributed by atoms with Crippen molar-refractivity contribution in [3.63, 3.8) is 0 Å². The van der Waals surface area contributed by atoms with Gasteiger partial charge in [-0.2, -0.15) is 0 Å². The van der Waals surface area contributed by atoms with Gasteiger partial charge in [-0.05, 0) is 17.6 Å². The number of hydrogen-bond acceptors (Lipinski definition) is 4. The van der Waals surface area contributed by atoms with E-state index in [4.69, 9.17) is 9.31 Å². The Hall–Kier alpha value is -1.33. The Morgan fingerprint density at radius 3 is 2.40 bits per heavy atom. The third kappa shape index (κ3) is 2.81. The van der Waals surface area contributed by atoms with Crippen LogP contribution in [0.3, 0.4) is 0 Å². The predicted molar refractivity (Wildman–Crippen MR) is 57.2 cm³/mol. The maximum atomic E-state index is 11.3. The van der Waals surface area contributed by atoms with Crippen LogP contribution in [-0.4, -0.2) is 34.4 Å². The molecule has 15 heavy (non-hydrogen) atoms. The lowest BCUT2D eigenvalue weighted by Gasteiger charge is -2.09. The average molecular weight is 208 g/mol. The van der Waals surface area contributed by atoms with Crippen LogP contribution in [0.4, 0.5) is 0 Å². The van der Waals surface area contributed by atoms with Gasteiger partial charge in [0, 0.05) is 14.2 Å². The topological polar surface area (TPSA) is 44.8 Å². The highest BCUT2D eigenvalue weighted by atomic mass is 16.6. The molecule has 0 saturated carbocycles. The van der Waals surface area contributed by atoms with Gasteiger partial charge in [-0.25, -0.2) is 4.79 Å². The largest absolute Gasteiger partial charge is 0.493 e. The van der Waals surface area contributed by atoms with Crippen LogP contribution in [0.25, 0.3) is 0 Å². The molecular weight excluding hydrogens is 195 g/mol. The molecule has 0 radical (unpaired) electrons. The van der Waals surface area contributed by atoms with Gasteiger partial charge in [-0.15, -0.1) is 0 Å². The van der Waals surface area contributed by atoms with E-state index in [0.29, 0.717) is 5.56 Å². The minimum atomic E-state index is -0.463. The van der Waals surface area contributed by atoms with E-state index in [1.807, 2.05) is 6.07 Å². The molecule has 80 valence electrons. The molecule has 0 N–H and O–H groups in total. The van der Waals surface area contributed by atoms with Crippen molar-refractivity contribution >= 4 is 18.6 Å². The molecule has 0 amide bonds. The normalized spacial score (nSPS) is 9.80. The van der Waals surface area contributed by atoms with Crippen LogP contribution in [0.1, 0.15) is 10.4 Å². The van der Waals surface area contributed by atoms with Gasteiger partial charge in [0.15, 0.2) is 0 Å². The van der Waals surface area contributed by atoms with Crippen LogP contribution < -0.4 is 5.46 Å². The van der Waals surface area contributed by atoms with E-state index >= 15 is 0 Å². The molecule has 4 nitrogen and oxygen atoms in total. The molecule has 0 atom stereocenters. The second kappa shape index (κ2) is 5.53. The monoisotopic (exact) mass is 208 g/mol. The van der Waals surface area contributed by atoms with Gasteiger partial charge in [0.25, 0.3) is 0 Å². The van der Waals surface area contributed by atoms with E-state index in [9.17, 15) is 4.79 Å². The molecule has 1 rings (SSSR count). The SMILES string of the molecule is COB(OC)c1cccc(C(=O)OC)c1. The zero-order valence-corrected chi connectivity index (χ0v) is 9.02. The first kappa shape index (κ1) is 11.7. The summed E-state index contributed by atoms with van der Waals surface area (Å²) in [6.07, 6.45) is 0. The van der Waals surface area contributed by atoms with Crippen LogP contribution in [0, 0.1) is 0 Å². The number of esters is 1. The summed E-state index contributed by atoms with van der Waals surface area (Å²) in [6.45, 7) is 0.